The van der Waals surface area contributed by atoms with Crippen LogP contribution in [0.15, 0.2) is 41.6 Å². The van der Waals surface area contributed by atoms with Crippen LogP contribution in [0.4, 0.5) is 0 Å². The van der Waals surface area contributed by atoms with Crippen molar-refractivity contribution in [1.29, 1.82) is 5.26 Å². The molecule has 1 aliphatic carbocycles. The van der Waals surface area contributed by atoms with Crippen LogP contribution in [-0.2, 0) is 10.0 Å². The standard InChI is InChI=1S/C20H27N5O3S/c1-22-29(27,28)13-11-17(10-9-16-6-3-2-4-7-16)8-5-12-23-20(26)19-24-15-18(14-21)25-19/h5-6,8,10,15,22H,2-4,7,9,11-13H2,1H3,(H,23,26)(H,24,25)/b8-5-,17-10+. The molecule has 0 unspecified atom stereocenters. The molecule has 1 aromatic rings. The number of rotatable bonds is 10. The molecule has 0 saturated heterocycles. The van der Waals surface area contributed by atoms with Gasteiger partial charge in [0.1, 0.15) is 6.07 Å². The number of nitriles is 1. The molecule has 0 fully saturated rings. The number of allylic oxidation sites excluding steroid dienone is 5. The zero-order valence-corrected chi connectivity index (χ0v) is 17.4. The lowest BCUT2D eigenvalue weighted by Gasteiger charge is -2.11. The van der Waals surface area contributed by atoms with E-state index in [1.807, 2.05) is 12.1 Å². The maximum Gasteiger partial charge on any atom is 0.287 e. The summed E-state index contributed by atoms with van der Waals surface area (Å²) >= 11 is 0. The summed E-state index contributed by atoms with van der Waals surface area (Å²) < 4.78 is 25.8. The molecule has 1 heterocycles. The zero-order chi connectivity index (χ0) is 21.1. The fraction of sp³-hybridized carbons (Fsp3) is 0.450. The van der Waals surface area contributed by atoms with Crippen LogP contribution in [0, 0.1) is 11.3 Å². The maximum atomic E-state index is 12.0. The van der Waals surface area contributed by atoms with Crippen LogP contribution in [0.25, 0.3) is 0 Å². The van der Waals surface area contributed by atoms with E-state index in [9.17, 15) is 13.2 Å². The number of nitrogens with zero attached hydrogens (tertiary/aromatic N) is 2. The van der Waals surface area contributed by atoms with E-state index in [0.29, 0.717) is 6.42 Å². The first kappa shape index (κ1) is 22.6. The first-order valence-electron chi connectivity index (χ1n) is 9.62. The molecule has 1 aromatic heterocycles. The molecule has 0 aliphatic heterocycles. The van der Waals surface area contributed by atoms with Gasteiger partial charge in [0.15, 0.2) is 11.5 Å². The minimum atomic E-state index is -3.29. The Morgan fingerprint density at radius 3 is 2.90 bits per heavy atom. The number of aromatic amines is 1. The highest BCUT2D eigenvalue weighted by Crippen LogP contribution is 2.21. The van der Waals surface area contributed by atoms with Crippen LogP contribution in [0.1, 0.15) is 54.8 Å². The van der Waals surface area contributed by atoms with Crippen molar-refractivity contribution in [1.82, 2.24) is 20.0 Å². The minimum Gasteiger partial charge on any atom is -0.346 e. The second-order valence-electron chi connectivity index (χ2n) is 6.72. The van der Waals surface area contributed by atoms with Crippen LogP contribution >= 0.6 is 0 Å². The highest BCUT2D eigenvalue weighted by atomic mass is 32.2. The molecule has 0 atom stereocenters. The van der Waals surface area contributed by atoms with Gasteiger partial charge in [-0.05, 0) is 45.6 Å². The first-order valence-corrected chi connectivity index (χ1v) is 11.3. The summed E-state index contributed by atoms with van der Waals surface area (Å²) in [6, 6.07) is 1.85. The monoisotopic (exact) mass is 417 g/mol. The first-order chi connectivity index (χ1) is 13.9. The van der Waals surface area contributed by atoms with E-state index in [2.05, 4.69) is 32.2 Å². The number of nitrogens with one attached hydrogen (secondary N) is 3. The summed E-state index contributed by atoms with van der Waals surface area (Å²) in [4.78, 5) is 18.5. The summed E-state index contributed by atoms with van der Waals surface area (Å²) in [5.41, 5.74) is 2.45. The largest absolute Gasteiger partial charge is 0.346 e. The van der Waals surface area contributed by atoms with E-state index < -0.39 is 15.9 Å². The Morgan fingerprint density at radius 1 is 1.41 bits per heavy atom. The Kier molecular flexibility index (Phi) is 8.83. The Balaban J connectivity index is 1.94. The third-order valence-corrected chi connectivity index (χ3v) is 5.97. The number of amides is 1. The molecule has 1 aliphatic rings. The molecule has 0 saturated carbocycles. The molecule has 156 valence electrons. The van der Waals surface area contributed by atoms with Gasteiger partial charge in [0.25, 0.3) is 5.91 Å². The topological polar surface area (TPSA) is 128 Å². The van der Waals surface area contributed by atoms with Gasteiger partial charge in [-0.1, -0.05) is 35.5 Å². The van der Waals surface area contributed by atoms with Gasteiger partial charge in [0.2, 0.25) is 10.0 Å². The molecule has 3 N–H and O–H groups in total. The summed E-state index contributed by atoms with van der Waals surface area (Å²) in [6.45, 7) is 0.264. The van der Waals surface area contributed by atoms with E-state index >= 15 is 0 Å². The van der Waals surface area contributed by atoms with E-state index in [-0.39, 0.29) is 23.8 Å². The fourth-order valence-corrected chi connectivity index (χ4v) is 3.61. The fourth-order valence-electron chi connectivity index (χ4n) is 2.90. The van der Waals surface area contributed by atoms with E-state index in [0.717, 1.165) is 24.8 Å². The average Bonchev–Trinajstić information content (AvgIpc) is 3.22. The number of H-pyrrole nitrogens is 1. The number of aromatic nitrogens is 2. The van der Waals surface area contributed by atoms with Crippen molar-refractivity contribution in [2.24, 2.45) is 0 Å². The average molecular weight is 418 g/mol. The van der Waals surface area contributed by atoms with Crippen molar-refractivity contribution in [3.05, 3.63) is 53.2 Å². The Hall–Kier alpha value is -2.70. The number of carbonyl (C=O) groups excluding carboxylic acids is 1. The quantitative estimate of drug-likeness (QED) is 0.398. The van der Waals surface area contributed by atoms with Gasteiger partial charge < -0.3 is 10.3 Å². The lowest BCUT2D eigenvalue weighted by molar-refractivity contribution is 0.0948. The molecule has 0 spiro atoms. The Morgan fingerprint density at radius 2 is 2.24 bits per heavy atom. The van der Waals surface area contributed by atoms with Crippen molar-refractivity contribution in [3.8, 4) is 6.07 Å². The minimum absolute atomic E-state index is 0.00835. The molecule has 0 radical (unpaired) electrons. The van der Waals surface area contributed by atoms with Gasteiger partial charge in [-0.3, -0.25) is 4.79 Å². The second kappa shape index (κ2) is 11.3. The molecule has 0 bridgehead atoms. The summed E-state index contributed by atoms with van der Waals surface area (Å²) in [5.74, 6) is -0.323. The normalized spacial score (nSPS) is 15.2. The molecule has 2 rings (SSSR count). The highest BCUT2D eigenvalue weighted by Gasteiger charge is 2.10. The van der Waals surface area contributed by atoms with Gasteiger partial charge in [-0.2, -0.15) is 5.26 Å². The summed E-state index contributed by atoms with van der Waals surface area (Å²) in [7, 11) is -1.88. The molecule has 0 aromatic carbocycles. The van der Waals surface area contributed by atoms with Crippen molar-refractivity contribution in [2.45, 2.75) is 38.5 Å². The van der Waals surface area contributed by atoms with Gasteiger partial charge in [0, 0.05) is 12.7 Å². The lowest BCUT2D eigenvalue weighted by Crippen LogP contribution is -2.24. The Labute approximate surface area is 171 Å². The van der Waals surface area contributed by atoms with Crippen molar-refractivity contribution in [2.75, 3.05) is 19.3 Å². The zero-order valence-electron chi connectivity index (χ0n) is 16.6. The third-order valence-electron chi connectivity index (χ3n) is 4.60. The van der Waals surface area contributed by atoms with Gasteiger partial charge >= 0.3 is 0 Å². The molecule has 8 nitrogen and oxygen atoms in total. The van der Waals surface area contributed by atoms with Crippen molar-refractivity contribution < 1.29 is 13.2 Å². The van der Waals surface area contributed by atoms with Gasteiger partial charge in [0.05, 0.1) is 5.75 Å². The number of carbonyl (C=O) groups is 1. The molecular weight excluding hydrogens is 390 g/mol. The summed E-state index contributed by atoms with van der Waals surface area (Å²) in [6.07, 6.45) is 15.2. The number of hydrogen-bond donors (Lipinski definition) is 3. The second-order valence-corrected chi connectivity index (χ2v) is 8.77. The smallest absolute Gasteiger partial charge is 0.287 e. The molecule has 9 heteroatoms. The van der Waals surface area contributed by atoms with Crippen LogP contribution in [0.3, 0.4) is 0 Å². The van der Waals surface area contributed by atoms with Gasteiger partial charge in [-0.25, -0.2) is 18.1 Å². The van der Waals surface area contributed by atoms with E-state index in [4.69, 9.17) is 5.26 Å². The van der Waals surface area contributed by atoms with Crippen molar-refractivity contribution in [3.63, 3.8) is 0 Å². The Bertz CT molecular complexity index is 936. The molecule has 29 heavy (non-hydrogen) atoms. The maximum absolute atomic E-state index is 12.0. The predicted molar refractivity (Wildman–Crippen MR) is 111 cm³/mol. The third kappa shape index (κ3) is 8.05. The predicted octanol–water partition coefficient (Wildman–Crippen LogP) is 2.32. The van der Waals surface area contributed by atoms with Crippen LogP contribution < -0.4 is 10.0 Å². The molecular formula is C20H27N5O3S. The number of imidazole rings is 1. The number of hydrogen-bond acceptors (Lipinski definition) is 5. The summed E-state index contributed by atoms with van der Waals surface area (Å²) in [5, 5.41) is 11.4. The SMILES string of the molecule is CNS(=O)(=O)CCC(/C=C\CNC(=O)c1nc(C#N)c[nH]1)=C/CC1=CCCCC1. The van der Waals surface area contributed by atoms with Gasteiger partial charge in [-0.15, -0.1) is 0 Å². The van der Waals surface area contributed by atoms with Crippen molar-refractivity contribution >= 4 is 15.9 Å². The van der Waals surface area contributed by atoms with Crippen LogP contribution in [-0.4, -0.2) is 43.6 Å². The molecule has 1 amide bonds. The van der Waals surface area contributed by atoms with E-state index in [1.165, 1.54) is 31.7 Å². The number of sulfonamides is 1. The lowest BCUT2D eigenvalue weighted by atomic mass is 9.96. The van der Waals surface area contributed by atoms with Crippen LogP contribution in [0.5, 0.6) is 0 Å². The van der Waals surface area contributed by atoms with Crippen LogP contribution in [0.2, 0.25) is 0 Å². The van der Waals surface area contributed by atoms with E-state index in [1.54, 1.807) is 6.08 Å². The highest BCUT2D eigenvalue weighted by molar-refractivity contribution is 7.89.